The summed E-state index contributed by atoms with van der Waals surface area (Å²) in [6, 6.07) is 0. The number of aromatic nitrogens is 2. The van der Waals surface area contributed by atoms with Gasteiger partial charge in [0.15, 0.2) is 0 Å². The highest BCUT2D eigenvalue weighted by Gasteiger charge is 2.27. The van der Waals surface area contributed by atoms with E-state index < -0.39 is 17.5 Å². The summed E-state index contributed by atoms with van der Waals surface area (Å²) in [6.45, 7) is 2.29. The van der Waals surface area contributed by atoms with Gasteiger partial charge >= 0.3 is 11.9 Å². The Morgan fingerprint density at radius 1 is 1.55 bits per heavy atom. The third-order valence-electron chi connectivity index (χ3n) is 3.29. The van der Waals surface area contributed by atoms with E-state index in [-0.39, 0.29) is 24.5 Å². The van der Waals surface area contributed by atoms with Gasteiger partial charge < -0.3 is 9.84 Å². The molecule has 0 amide bonds. The predicted molar refractivity (Wildman–Crippen MR) is 68.7 cm³/mol. The number of carbonyl (C=O) groups excluding carboxylic acids is 1. The predicted octanol–water partition coefficient (Wildman–Crippen LogP) is 0.772. The number of esters is 1. The molecule has 1 N–H and O–H groups in total. The number of fused-ring (bicyclic) bond motifs is 1. The standard InChI is InChI=1S/C13H16N2O5/c1-2-20-13(19)9-7-14-11-8(6-10(16)17)4-3-5-15(11)12(9)18/h7-8H,2-6H2,1H3,(H,16,17). The van der Waals surface area contributed by atoms with Crippen molar-refractivity contribution in [1.82, 2.24) is 9.55 Å². The van der Waals surface area contributed by atoms with Crippen molar-refractivity contribution >= 4 is 11.9 Å². The molecular formula is C13H16N2O5. The first kappa shape index (κ1) is 14.2. The lowest BCUT2D eigenvalue weighted by Crippen LogP contribution is -2.34. The summed E-state index contributed by atoms with van der Waals surface area (Å²) in [4.78, 5) is 38.8. The molecule has 1 aliphatic heterocycles. The third kappa shape index (κ3) is 2.71. The summed E-state index contributed by atoms with van der Waals surface area (Å²) < 4.78 is 6.20. The summed E-state index contributed by atoms with van der Waals surface area (Å²) in [6.07, 6.45) is 2.49. The highest BCUT2D eigenvalue weighted by atomic mass is 16.5. The van der Waals surface area contributed by atoms with Crippen LogP contribution in [0, 0.1) is 0 Å². The molecule has 0 spiro atoms. The van der Waals surface area contributed by atoms with Crippen LogP contribution >= 0.6 is 0 Å². The zero-order chi connectivity index (χ0) is 14.7. The Hall–Kier alpha value is -2.18. The number of rotatable bonds is 4. The van der Waals surface area contributed by atoms with Crippen molar-refractivity contribution in [3.8, 4) is 0 Å². The number of aliphatic carboxylic acids is 1. The molecule has 20 heavy (non-hydrogen) atoms. The third-order valence-corrected chi connectivity index (χ3v) is 3.29. The Kier molecular flexibility index (Phi) is 4.16. The van der Waals surface area contributed by atoms with Crippen LogP contribution in [0.5, 0.6) is 0 Å². The molecule has 0 radical (unpaired) electrons. The van der Waals surface area contributed by atoms with Crippen LogP contribution in [0.15, 0.2) is 11.0 Å². The van der Waals surface area contributed by atoms with Crippen LogP contribution < -0.4 is 5.56 Å². The van der Waals surface area contributed by atoms with Gasteiger partial charge in [-0.1, -0.05) is 0 Å². The van der Waals surface area contributed by atoms with Crippen LogP contribution in [0.2, 0.25) is 0 Å². The van der Waals surface area contributed by atoms with Gasteiger partial charge in [0.2, 0.25) is 0 Å². The molecule has 0 bridgehead atoms. The van der Waals surface area contributed by atoms with E-state index in [1.54, 1.807) is 6.92 Å². The van der Waals surface area contributed by atoms with Gasteiger partial charge in [-0.25, -0.2) is 9.78 Å². The summed E-state index contributed by atoms with van der Waals surface area (Å²) in [5.74, 6) is -1.46. The number of hydrogen-bond acceptors (Lipinski definition) is 5. The lowest BCUT2D eigenvalue weighted by Gasteiger charge is -2.24. The van der Waals surface area contributed by atoms with Gasteiger partial charge in [0.1, 0.15) is 11.4 Å². The van der Waals surface area contributed by atoms with E-state index >= 15 is 0 Å². The Labute approximate surface area is 115 Å². The van der Waals surface area contributed by atoms with Crippen molar-refractivity contribution in [3.05, 3.63) is 27.9 Å². The number of carboxylic acids is 1. The Morgan fingerprint density at radius 2 is 2.30 bits per heavy atom. The maximum absolute atomic E-state index is 12.2. The molecule has 7 nitrogen and oxygen atoms in total. The fraction of sp³-hybridized carbons (Fsp3) is 0.538. The summed E-state index contributed by atoms with van der Waals surface area (Å²) >= 11 is 0. The lowest BCUT2D eigenvalue weighted by molar-refractivity contribution is -0.137. The summed E-state index contributed by atoms with van der Waals surface area (Å²) in [5.41, 5.74) is -0.560. The van der Waals surface area contributed by atoms with Gasteiger partial charge in [-0.15, -0.1) is 0 Å². The van der Waals surface area contributed by atoms with Gasteiger partial charge in [-0.2, -0.15) is 0 Å². The Bertz CT molecular complexity index is 593. The van der Waals surface area contributed by atoms with E-state index in [1.165, 1.54) is 10.8 Å². The number of hydrogen-bond donors (Lipinski definition) is 1. The number of carbonyl (C=O) groups is 2. The summed E-state index contributed by atoms with van der Waals surface area (Å²) in [7, 11) is 0. The van der Waals surface area contributed by atoms with E-state index in [4.69, 9.17) is 9.84 Å². The molecule has 1 unspecified atom stereocenters. The van der Waals surface area contributed by atoms with Crippen LogP contribution in [0.4, 0.5) is 0 Å². The number of carboxylic acid groups (broad SMARTS) is 1. The van der Waals surface area contributed by atoms with Crippen molar-refractivity contribution in [2.24, 2.45) is 0 Å². The second-order valence-corrected chi connectivity index (χ2v) is 4.64. The minimum absolute atomic E-state index is 0.0643. The van der Waals surface area contributed by atoms with E-state index in [0.29, 0.717) is 25.2 Å². The molecule has 108 valence electrons. The second kappa shape index (κ2) is 5.85. The monoisotopic (exact) mass is 280 g/mol. The minimum Gasteiger partial charge on any atom is -0.481 e. The fourth-order valence-electron chi connectivity index (χ4n) is 2.42. The molecule has 1 aliphatic rings. The highest BCUT2D eigenvalue weighted by Crippen LogP contribution is 2.27. The molecule has 1 atom stereocenters. The van der Waals surface area contributed by atoms with Gasteiger partial charge in [-0.05, 0) is 19.8 Å². The van der Waals surface area contributed by atoms with Crippen molar-refractivity contribution in [2.45, 2.75) is 38.6 Å². The van der Waals surface area contributed by atoms with E-state index in [0.717, 1.165) is 0 Å². The minimum atomic E-state index is -0.924. The number of ether oxygens (including phenoxy) is 1. The van der Waals surface area contributed by atoms with Crippen molar-refractivity contribution in [3.63, 3.8) is 0 Å². The molecule has 0 fully saturated rings. The zero-order valence-corrected chi connectivity index (χ0v) is 11.2. The molecule has 2 heterocycles. The second-order valence-electron chi connectivity index (χ2n) is 4.64. The first-order chi connectivity index (χ1) is 9.54. The molecule has 1 aromatic heterocycles. The fourth-order valence-corrected chi connectivity index (χ4v) is 2.42. The largest absolute Gasteiger partial charge is 0.481 e. The highest BCUT2D eigenvalue weighted by molar-refractivity contribution is 5.88. The quantitative estimate of drug-likeness (QED) is 0.818. The van der Waals surface area contributed by atoms with Gasteiger partial charge in [0, 0.05) is 18.7 Å². The maximum atomic E-state index is 12.2. The Morgan fingerprint density at radius 3 is 2.95 bits per heavy atom. The van der Waals surface area contributed by atoms with Crippen LogP contribution in [-0.2, 0) is 16.1 Å². The van der Waals surface area contributed by atoms with Crippen LogP contribution in [0.3, 0.4) is 0 Å². The average Bonchev–Trinajstić information content (AvgIpc) is 2.39. The van der Waals surface area contributed by atoms with Crippen molar-refractivity contribution < 1.29 is 19.4 Å². The number of nitrogens with zero attached hydrogens (tertiary/aromatic N) is 2. The maximum Gasteiger partial charge on any atom is 0.345 e. The molecule has 2 rings (SSSR count). The molecule has 0 saturated carbocycles. The zero-order valence-electron chi connectivity index (χ0n) is 11.2. The van der Waals surface area contributed by atoms with E-state index in [1.807, 2.05) is 0 Å². The van der Waals surface area contributed by atoms with E-state index in [9.17, 15) is 14.4 Å². The summed E-state index contributed by atoms with van der Waals surface area (Å²) in [5, 5.41) is 8.88. The molecule has 7 heteroatoms. The first-order valence-corrected chi connectivity index (χ1v) is 6.53. The average molecular weight is 280 g/mol. The topological polar surface area (TPSA) is 98.5 Å². The van der Waals surface area contributed by atoms with Gasteiger partial charge in [-0.3, -0.25) is 14.2 Å². The van der Waals surface area contributed by atoms with Crippen LogP contribution in [0.1, 0.15) is 48.3 Å². The van der Waals surface area contributed by atoms with Crippen LogP contribution in [0.25, 0.3) is 0 Å². The van der Waals surface area contributed by atoms with Crippen molar-refractivity contribution in [1.29, 1.82) is 0 Å². The smallest absolute Gasteiger partial charge is 0.345 e. The molecule has 0 saturated heterocycles. The molecular weight excluding hydrogens is 264 g/mol. The van der Waals surface area contributed by atoms with E-state index in [2.05, 4.69) is 4.98 Å². The molecule has 1 aromatic rings. The normalized spacial score (nSPS) is 17.4. The molecule has 0 aliphatic carbocycles. The van der Waals surface area contributed by atoms with Crippen LogP contribution in [-0.4, -0.2) is 33.2 Å². The van der Waals surface area contributed by atoms with Crippen molar-refractivity contribution in [2.75, 3.05) is 6.61 Å². The van der Waals surface area contributed by atoms with Gasteiger partial charge in [0.05, 0.1) is 13.0 Å². The van der Waals surface area contributed by atoms with Gasteiger partial charge in [0.25, 0.3) is 5.56 Å². The SMILES string of the molecule is CCOC(=O)c1cnc2n(c1=O)CCCC2CC(=O)O. The molecule has 0 aromatic carbocycles. The Balaban J connectivity index is 2.40. The first-order valence-electron chi connectivity index (χ1n) is 6.53. The lowest BCUT2D eigenvalue weighted by atomic mass is 9.95.